The Balaban J connectivity index is 1.72. The molecule has 6 rings (SSSR count). The predicted octanol–water partition coefficient (Wildman–Crippen LogP) is 1.20. The molecule has 9 unspecified atom stereocenters. The molecule has 0 aromatic carbocycles. The summed E-state index contributed by atoms with van der Waals surface area (Å²) in [6.07, 6.45) is 3.28. The van der Waals surface area contributed by atoms with Crippen LogP contribution in [0.2, 0.25) is 0 Å². The van der Waals surface area contributed by atoms with Gasteiger partial charge in [0, 0.05) is 24.4 Å². The van der Waals surface area contributed by atoms with Gasteiger partial charge in [0.1, 0.15) is 0 Å². The van der Waals surface area contributed by atoms with Crippen molar-refractivity contribution < 1.29 is 25.2 Å². The maximum Gasteiger partial charge on any atom is 0.177 e. The van der Waals surface area contributed by atoms with E-state index in [-0.39, 0.29) is 35.2 Å². The highest BCUT2D eigenvalue weighted by molar-refractivity contribution is 5.35. The zero-order valence-corrected chi connectivity index (χ0v) is 14.9. The lowest BCUT2D eigenvalue weighted by Crippen LogP contribution is -2.79. The van der Waals surface area contributed by atoms with Gasteiger partial charge in [-0.15, -0.1) is 0 Å². The molecule has 5 nitrogen and oxygen atoms in total. The predicted molar refractivity (Wildman–Crippen MR) is 90.3 cm³/mol. The van der Waals surface area contributed by atoms with E-state index < -0.39 is 23.4 Å². The summed E-state index contributed by atoms with van der Waals surface area (Å²) in [7, 11) is 0. The molecule has 4 bridgehead atoms. The van der Waals surface area contributed by atoms with Crippen molar-refractivity contribution in [1.82, 2.24) is 0 Å². The maximum atomic E-state index is 11.6. The van der Waals surface area contributed by atoms with E-state index in [1.54, 1.807) is 0 Å². The summed E-state index contributed by atoms with van der Waals surface area (Å²) >= 11 is 0. The Bertz CT molecular complexity index is 636. The van der Waals surface area contributed by atoms with Gasteiger partial charge in [-0.05, 0) is 48.5 Å². The van der Waals surface area contributed by atoms with E-state index in [9.17, 15) is 20.4 Å². The molecule has 0 amide bonds. The number of rotatable bonds is 1. The smallest absolute Gasteiger partial charge is 0.177 e. The second-order valence-electron chi connectivity index (χ2n) is 9.82. The monoisotopic (exact) mass is 350 g/mol. The summed E-state index contributed by atoms with van der Waals surface area (Å²) in [4.78, 5) is 0. The summed E-state index contributed by atoms with van der Waals surface area (Å²) in [5.41, 5.74) is -0.819. The Kier molecular flexibility index (Phi) is 3.13. The average molecular weight is 350 g/mol. The molecule has 0 aromatic heterocycles. The molecular weight excluding hydrogens is 320 g/mol. The van der Waals surface area contributed by atoms with Crippen molar-refractivity contribution in [2.24, 2.45) is 34.0 Å². The van der Waals surface area contributed by atoms with Crippen molar-refractivity contribution >= 4 is 0 Å². The van der Waals surface area contributed by atoms with Gasteiger partial charge in [-0.2, -0.15) is 0 Å². The van der Waals surface area contributed by atoms with E-state index in [1.165, 1.54) is 0 Å². The second kappa shape index (κ2) is 4.68. The summed E-state index contributed by atoms with van der Waals surface area (Å²) in [6.45, 7) is 6.76. The minimum absolute atomic E-state index is 0.00387. The van der Waals surface area contributed by atoms with E-state index in [1.807, 2.05) is 0 Å². The van der Waals surface area contributed by atoms with Gasteiger partial charge in [0.25, 0.3) is 0 Å². The lowest BCUT2D eigenvalue weighted by molar-refractivity contribution is -0.438. The number of hydrogen-bond acceptors (Lipinski definition) is 5. The van der Waals surface area contributed by atoms with Crippen LogP contribution in [0.4, 0.5) is 0 Å². The topological polar surface area (TPSA) is 90.2 Å². The minimum atomic E-state index is -1.55. The van der Waals surface area contributed by atoms with Crippen LogP contribution in [0.3, 0.4) is 0 Å². The quantitative estimate of drug-likeness (QED) is 0.534. The van der Waals surface area contributed by atoms with Gasteiger partial charge < -0.3 is 25.2 Å². The molecule has 140 valence electrons. The van der Waals surface area contributed by atoms with E-state index in [4.69, 9.17) is 4.74 Å². The first-order valence-electron chi connectivity index (χ1n) is 9.79. The third-order valence-electron chi connectivity index (χ3n) is 9.21. The zero-order chi connectivity index (χ0) is 17.8. The van der Waals surface area contributed by atoms with Gasteiger partial charge in [0.05, 0.1) is 24.2 Å². The van der Waals surface area contributed by atoms with Crippen LogP contribution < -0.4 is 0 Å². The summed E-state index contributed by atoms with van der Waals surface area (Å²) < 4.78 is 6.05. The van der Waals surface area contributed by atoms with Crippen LogP contribution in [0, 0.1) is 34.0 Å². The number of ether oxygens (including phenoxy) is 1. The molecule has 6 fully saturated rings. The van der Waals surface area contributed by atoms with Gasteiger partial charge >= 0.3 is 0 Å². The third-order valence-corrected chi connectivity index (χ3v) is 9.21. The van der Waals surface area contributed by atoms with E-state index >= 15 is 0 Å². The number of aliphatic hydroxyl groups is 4. The van der Waals surface area contributed by atoms with Crippen LogP contribution in [0.15, 0.2) is 12.2 Å². The Labute approximate surface area is 148 Å². The molecule has 25 heavy (non-hydrogen) atoms. The molecule has 0 radical (unpaired) electrons. The SMILES string of the molecule is C=C1C2CCC3C45CCCC(C)(CO)C4CC(O)(OC5)C3(C1O)C2O. The number of aliphatic hydroxyl groups excluding tert-OH is 3. The largest absolute Gasteiger partial charge is 0.396 e. The standard InChI is InChI=1S/C20H30O5/c1-11-12-4-5-13-18-7-3-6-17(2,9-21)14(18)8-19(24,25-10-18)20(13,15(11)22)16(12)23/h12-16,21-24H,1,3-10H2,2H3. The molecule has 2 heterocycles. The molecule has 4 aliphatic carbocycles. The first kappa shape index (κ1) is 16.7. The molecule has 2 aliphatic heterocycles. The molecule has 9 atom stereocenters. The molecular formula is C20H30O5. The van der Waals surface area contributed by atoms with Gasteiger partial charge in [-0.1, -0.05) is 19.9 Å². The minimum Gasteiger partial charge on any atom is -0.396 e. The van der Waals surface area contributed by atoms with Crippen LogP contribution in [-0.4, -0.2) is 51.6 Å². The summed E-state index contributed by atoms with van der Waals surface area (Å²) in [6, 6.07) is 0. The highest BCUT2D eigenvalue weighted by atomic mass is 16.6. The van der Waals surface area contributed by atoms with E-state index in [2.05, 4.69) is 13.5 Å². The number of fused-ring (bicyclic) bond motifs is 2. The van der Waals surface area contributed by atoms with Crippen molar-refractivity contribution in [1.29, 1.82) is 0 Å². The first-order chi connectivity index (χ1) is 11.8. The van der Waals surface area contributed by atoms with Crippen LogP contribution in [0.1, 0.15) is 45.4 Å². The lowest BCUT2D eigenvalue weighted by atomic mass is 9.37. The van der Waals surface area contributed by atoms with Crippen molar-refractivity contribution in [3.8, 4) is 0 Å². The molecule has 5 heteroatoms. The Hall–Kier alpha value is -0.460. The molecule has 6 aliphatic rings. The molecule has 0 aromatic rings. The lowest BCUT2D eigenvalue weighted by Gasteiger charge is -2.73. The van der Waals surface area contributed by atoms with E-state index in [0.717, 1.165) is 32.1 Å². The highest BCUT2D eigenvalue weighted by Crippen LogP contribution is 2.77. The Morgan fingerprint density at radius 1 is 1.20 bits per heavy atom. The zero-order valence-electron chi connectivity index (χ0n) is 14.9. The fourth-order valence-corrected chi connectivity index (χ4v) is 8.10. The summed E-state index contributed by atoms with van der Waals surface area (Å²) in [5, 5.41) is 44.1. The third kappa shape index (κ3) is 1.53. The van der Waals surface area contributed by atoms with Crippen LogP contribution in [-0.2, 0) is 4.74 Å². The Morgan fingerprint density at radius 3 is 2.68 bits per heavy atom. The van der Waals surface area contributed by atoms with Crippen LogP contribution in [0.25, 0.3) is 0 Å². The molecule has 4 saturated carbocycles. The summed E-state index contributed by atoms with van der Waals surface area (Å²) in [5.74, 6) is -1.54. The Morgan fingerprint density at radius 2 is 1.96 bits per heavy atom. The van der Waals surface area contributed by atoms with Crippen molar-refractivity contribution in [2.75, 3.05) is 13.2 Å². The maximum absolute atomic E-state index is 11.6. The van der Waals surface area contributed by atoms with E-state index in [0.29, 0.717) is 18.6 Å². The fraction of sp³-hybridized carbons (Fsp3) is 0.900. The highest BCUT2D eigenvalue weighted by Gasteiger charge is 2.82. The molecule has 2 spiro atoms. The van der Waals surface area contributed by atoms with Gasteiger partial charge in [0.15, 0.2) is 5.79 Å². The van der Waals surface area contributed by atoms with Gasteiger partial charge in [-0.3, -0.25) is 0 Å². The fourth-order valence-electron chi connectivity index (χ4n) is 8.10. The van der Waals surface area contributed by atoms with Crippen molar-refractivity contribution in [3.63, 3.8) is 0 Å². The van der Waals surface area contributed by atoms with Crippen molar-refractivity contribution in [3.05, 3.63) is 12.2 Å². The molecule has 2 saturated heterocycles. The second-order valence-corrected chi connectivity index (χ2v) is 9.82. The normalized spacial score (nSPS) is 62.6. The average Bonchev–Trinajstić information content (AvgIpc) is 2.71. The van der Waals surface area contributed by atoms with Gasteiger partial charge in [-0.25, -0.2) is 0 Å². The van der Waals surface area contributed by atoms with Crippen LogP contribution >= 0.6 is 0 Å². The van der Waals surface area contributed by atoms with Crippen molar-refractivity contribution in [2.45, 2.75) is 63.4 Å². The van der Waals surface area contributed by atoms with Gasteiger partial charge in [0.2, 0.25) is 0 Å². The molecule has 4 N–H and O–H groups in total. The number of hydrogen-bond donors (Lipinski definition) is 4. The first-order valence-corrected chi connectivity index (χ1v) is 9.79. The van der Waals surface area contributed by atoms with Crippen LogP contribution in [0.5, 0.6) is 0 Å².